The minimum Gasteiger partial charge on any atom is -0.324 e. The predicted octanol–water partition coefficient (Wildman–Crippen LogP) is 5.53. The minimum absolute atomic E-state index is 0.157. The van der Waals surface area contributed by atoms with Gasteiger partial charge in [0, 0.05) is 24.7 Å². The van der Waals surface area contributed by atoms with Gasteiger partial charge in [-0.25, -0.2) is 4.79 Å². The van der Waals surface area contributed by atoms with Crippen LogP contribution in [0.15, 0.2) is 48.5 Å². The Bertz CT molecular complexity index is 1180. The number of carbonyl (C=O) groups is 2. The van der Waals surface area contributed by atoms with Gasteiger partial charge >= 0.3 is 12.2 Å². The number of benzene rings is 2. The van der Waals surface area contributed by atoms with Crippen LogP contribution in [0.4, 0.5) is 29.3 Å². The fourth-order valence-electron chi connectivity index (χ4n) is 3.71. The van der Waals surface area contributed by atoms with Gasteiger partial charge in [-0.1, -0.05) is 41.2 Å². The number of halogens is 3. The summed E-state index contributed by atoms with van der Waals surface area (Å²) in [6.07, 6.45) is -3.18. The third-order valence-corrected chi connectivity index (χ3v) is 6.56. The number of nitrogens with one attached hydrogen (secondary N) is 2. The molecule has 1 atom stereocenters. The van der Waals surface area contributed by atoms with Gasteiger partial charge < -0.3 is 15.5 Å². The highest BCUT2D eigenvalue weighted by atomic mass is 32.1. The number of amides is 3. The summed E-state index contributed by atoms with van der Waals surface area (Å²) in [6, 6.07) is 11.6. The number of anilines is 2. The standard InChI is InChI=1S/C23H22F3N5O2S/c1-14-8-10-16(11-9-14)27-19(32)21-30-29-20(34-21)15-5-4-12-31(13-15)22(33)28-18-7-3-2-6-17(18)23(24,25)26/h2-3,6-11,15H,4-5,12-13H2,1H3,(H,27,32)(H,28,33)/t15-/m1/s1. The molecule has 0 bridgehead atoms. The third-order valence-electron chi connectivity index (χ3n) is 5.48. The molecule has 34 heavy (non-hydrogen) atoms. The van der Waals surface area contributed by atoms with Gasteiger partial charge in [-0.3, -0.25) is 4.79 Å². The van der Waals surface area contributed by atoms with E-state index >= 15 is 0 Å². The maximum absolute atomic E-state index is 13.2. The summed E-state index contributed by atoms with van der Waals surface area (Å²) >= 11 is 1.15. The number of hydrogen-bond donors (Lipinski definition) is 2. The Morgan fingerprint density at radius 1 is 1.06 bits per heavy atom. The smallest absolute Gasteiger partial charge is 0.324 e. The van der Waals surface area contributed by atoms with Crippen molar-refractivity contribution in [3.8, 4) is 0 Å². The molecule has 0 spiro atoms. The number of hydrogen-bond acceptors (Lipinski definition) is 5. The van der Waals surface area contributed by atoms with Gasteiger partial charge in [0.1, 0.15) is 5.01 Å². The van der Waals surface area contributed by atoms with E-state index in [1.54, 1.807) is 12.1 Å². The van der Waals surface area contributed by atoms with Crippen molar-refractivity contribution in [1.29, 1.82) is 0 Å². The number of carbonyl (C=O) groups excluding carboxylic acids is 2. The van der Waals surface area contributed by atoms with E-state index in [-0.39, 0.29) is 29.1 Å². The maximum Gasteiger partial charge on any atom is 0.418 e. The molecule has 0 radical (unpaired) electrons. The number of rotatable bonds is 4. The number of alkyl halides is 3. The summed E-state index contributed by atoms with van der Waals surface area (Å²) in [5, 5.41) is 14.1. The zero-order valence-corrected chi connectivity index (χ0v) is 19.0. The quantitative estimate of drug-likeness (QED) is 0.505. The van der Waals surface area contributed by atoms with Crippen LogP contribution in [0.5, 0.6) is 0 Å². The van der Waals surface area contributed by atoms with Gasteiger partial charge in [0.05, 0.1) is 11.3 Å². The summed E-state index contributed by atoms with van der Waals surface area (Å²) in [5.41, 5.74) is 0.536. The average Bonchev–Trinajstić information content (AvgIpc) is 3.31. The summed E-state index contributed by atoms with van der Waals surface area (Å²) in [6.45, 7) is 2.63. The van der Waals surface area contributed by atoms with Crippen molar-refractivity contribution in [3.63, 3.8) is 0 Å². The molecule has 7 nitrogen and oxygen atoms in total. The number of piperidine rings is 1. The number of urea groups is 1. The van der Waals surface area contributed by atoms with E-state index in [0.29, 0.717) is 23.7 Å². The van der Waals surface area contributed by atoms with E-state index in [1.807, 2.05) is 19.1 Å². The van der Waals surface area contributed by atoms with Gasteiger partial charge in [-0.05, 0) is 44.0 Å². The number of aryl methyl sites for hydroxylation is 1. The van der Waals surface area contributed by atoms with E-state index in [2.05, 4.69) is 20.8 Å². The van der Waals surface area contributed by atoms with Crippen molar-refractivity contribution in [1.82, 2.24) is 15.1 Å². The predicted molar refractivity (Wildman–Crippen MR) is 123 cm³/mol. The number of likely N-dealkylation sites (tertiary alicyclic amines) is 1. The SMILES string of the molecule is Cc1ccc(NC(=O)c2nnc([C@@H]3CCCN(C(=O)Nc4ccccc4C(F)(F)F)C3)s2)cc1. The van der Waals surface area contributed by atoms with Gasteiger partial charge in [-0.15, -0.1) is 10.2 Å². The summed E-state index contributed by atoms with van der Waals surface area (Å²) in [7, 11) is 0. The molecule has 1 fully saturated rings. The van der Waals surface area contributed by atoms with E-state index in [4.69, 9.17) is 0 Å². The molecule has 0 aliphatic carbocycles. The second-order valence-electron chi connectivity index (χ2n) is 8.02. The topological polar surface area (TPSA) is 87.2 Å². The van der Waals surface area contributed by atoms with Crippen LogP contribution in [-0.4, -0.2) is 40.1 Å². The minimum atomic E-state index is -4.57. The molecule has 1 aliphatic heterocycles. The zero-order valence-electron chi connectivity index (χ0n) is 18.2. The summed E-state index contributed by atoms with van der Waals surface area (Å²) in [4.78, 5) is 26.7. The third kappa shape index (κ3) is 5.53. The zero-order chi connectivity index (χ0) is 24.3. The molecule has 1 aliphatic rings. The van der Waals surface area contributed by atoms with Gasteiger partial charge in [-0.2, -0.15) is 13.2 Å². The molecule has 3 aromatic rings. The summed E-state index contributed by atoms with van der Waals surface area (Å²) in [5.74, 6) is -0.530. The molecule has 2 aromatic carbocycles. The monoisotopic (exact) mass is 489 g/mol. The lowest BCUT2D eigenvalue weighted by atomic mass is 9.99. The highest BCUT2D eigenvalue weighted by Crippen LogP contribution is 2.35. The van der Waals surface area contributed by atoms with Crippen LogP contribution in [0.1, 0.15) is 44.7 Å². The Balaban J connectivity index is 1.41. The number of aromatic nitrogens is 2. The van der Waals surface area contributed by atoms with E-state index in [0.717, 1.165) is 29.4 Å². The Hall–Kier alpha value is -3.47. The normalized spacial score (nSPS) is 16.2. The molecular formula is C23H22F3N5O2S. The lowest BCUT2D eigenvalue weighted by Crippen LogP contribution is -2.41. The first-order chi connectivity index (χ1) is 16.2. The van der Waals surface area contributed by atoms with Crippen molar-refractivity contribution in [3.05, 3.63) is 69.7 Å². The Morgan fingerprint density at radius 2 is 1.79 bits per heavy atom. The lowest BCUT2D eigenvalue weighted by molar-refractivity contribution is -0.136. The van der Waals surface area contributed by atoms with Crippen LogP contribution < -0.4 is 10.6 Å². The van der Waals surface area contributed by atoms with Crippen LogP contribution in [0, 0.1) is 6.92 Å². The molecule has 11 heteroatoms. The molecule has 178 valence electrons. The molecule has 2 N–H and O–H groups in total. The molecule has 1 saturated heterocycles. The lowest BCUT2D eigenvalue weighted by Gasteiger charge is -2.31. The molecule has 3 amide bonds. The first-order valence-corrected chi connectivity index (χ1v) is 11.5. The number of para-hydroxylation sites is 1. The van der Waals surface area contributed by atoms with Crippen molar-refractivity contribution in [2.75, 3.05) is 23.7 Å². The fourth-order valence-corrected chi connectivity index (χ4v) is 4.57. The van der Waals surface area contributed by atoms with Crippen molar-refractivity contribution < 1.29 is 22.8 Å². The Kier molecular flexibility index (Phi) is 6.82. The second kappa shape index (κ2) is 9.80. The van der Waals surface area contributed by atoms with Crippen LogP contribution in [0.3, 0.4) is 0 Å². The first-order valence-electron chi connectivity index (χ1n) is 10.6. The molecule has 1 aromatic heterocycles. The average molecular weight is 490 g/mol. The summed E-state index contributed by atoms with van der Waals surface area (Å²) < 4.78 is 39.7. The Labute approximate surface area is 198 Å². The number of nitrogens with zero attached hydrogens (tertiary/aromatic N) is 3. The van der Waals surface area contributed by atoms with E-state index < -0.39 is 17.8 Å². The molecule has 0 unspecified atom stereocenters. The van der Waals surface area contributed by atoms with Gasteiger partial charge in [0.15, 0.2) is 0 Å². The second-order valence-corrected chi connectivity index (χ2v) is 9.03. The van der Waals surface area contributed by atoms with Crippen LogP contribution in [-0.2, 0) is 6.18 Å². The van der Waals surface area contributed by atoms with Crippen molar-refractivity contribution >= 4 is 34.6 Å². The fraction of sp³-hybridized carbons (Fsp3) is 0.304. The van der Waals surface area contributed by atoms with Crippen molar-refractivity contribution in [2.45, 2.75) is 31.9 Å². The molecular weight excluding hydrogens is 467 g/mol. The van der Waals surface area contributed by atoms with Gasteiger partial charge in [0.25, 0.3) is 5.91 Å². The van der Waals surface area contributed by atoms with E-state index in [9.17, 15) is 22.8 Å². The Morgan fingerprint density at radius 3 is 2.53 bits per heavy atom. The van der Waals surface area contributed by atoms with Crippen LogP contribution >= 0.6 is 11.3 Å². The van der Waals surface area contributed by atoms with Crippen LogP contribution in [0.2, 0.25) is 0 Å². The molecule has 4 rings (SSSR count). The maximum atomic E-state index is 13.2. The highest BCUT2D eigenvalue weighted by molar-refractivity contribution is 7.13. The van der Waals surface area contributed by atoms with Crippen LogP contribution in [0.25, 0.3) is 0 Å². The first kappa shape index (κ1) is 23.7. The van der Waals surface area contributed by atoms with Gasteiger partial charge in [0.2, 0.25) is 5.01 Å². The van der Waals surface area contributed by atoms with Crippen molar-refractivity contribution in [2.24, 2.45) is 0 Å². The largest absolute Gasteiger partial charge is 0.418 e. The van der Waals surface area contributed by atoms with E-state index in [1.165, 1.54) is 23.1 Å². The molecule has 2 heterocycles. The highest BCUT2D eigenvalue weighted by Gasteiger charge is 2.34. The molecule has 0 saturated carbocycles.